The summed E-state index contributed by atoms with van der Waals surface area (Å²) >= 11 is 0. The van der Waals surface area contributed by atoms with Crippen LogP contribution >= 0.6 is 0 Å². The van der Waals surface area contributed by atoms with E-state index in [1.165, 1.54) is 19.4 Å². The largest absolute Gasteiger partial charge is 0.368 e. The molecule has 1 amide bonds. The third-order valence-electron chi connectivity index (χ3n) is 4.88. The first-order valence-electron chi connectivity index (χ1n) is 8.89. The number of piperidine rings is 1. The molecule has 1 aliphatic carbocycles. The number of anilines is 2. The molecule has 1 unspecified atom stereocenters. The van der Waals surface area contributed by atoms with Crippen molar-refractivity contribution >= 4 is 17.7 Å². The molecule has 1 atom stereocenters. The van der Waals surface area contributed by atoms with Crippen molar-refractivity contribution in [1.82, 2.24) is 20.2 Å². The summed E-state index contributed by atoms with van der Waals surface area (Å²) in [7, 11) is 0. The molecule has 7 heteroatoms. The summed E-state index contributed by atoms with van der Waals surface area (Å²) in [6.45, 7) is 7.15. The van der Waals surface area contributed by atoms with Gasteiger partial charge in [0.15, 0.2) is 0 Å². The number of carbonyl (C=O) groups is 1. The van der Waals surface area contributed by atoms with Gasteiger partial charge in [0.1, 0.15) is 11.9 Å². The summed E-state index contributed by atoms with van der Waals surface area (Å²) in [6, 6.07) is -0.0868. The Balaban J connectivity index is 1.45. The monoisotopic (exact) mass is 332 g/mol. The summed E-state index contributed by atoms with van der Waals surface area (Å²) in [6.07, 6.45) is 6.51. The lowest BCUT2D eigenvalue weighted by atomic mass is 10.0. The topological polar surface area (TPSA) is 96.2 Å². The second-order valence-electron chi connectivity index (χ2n) is 7.15. The molecular weight excluding hydrogens is 304 g/mol. The van der Waals surface area contributed by atoms with Crippen molar-refractivity contribution in [2.75, 3.05) is 30.7 Å². The van der Waals surface area contributed by atoms with Gasteiger partial charge >= 0.3 is 0 Å². The Labute approximate surface area is 143 Å². The van der Waals surface area contributed by atoms with E-state index in [1.54, 1.807) is 6.20 Å². The van der Waals surface area contributed by atoms with E-state index >= 15 is 0 Å². The van der Waals surface area contributed by atoms with Gasteiger partial charge in [-0.15, -0.1) is 0 Å². The van der Waals surface area contributed by atoms with E-state index in [-0.39, 0.29) is 23.9 Å². The van der Waals surface area contributed by atoms with E-state index in [2.05, 4.69) is 25.5 Å². The molecule has 0 radical (unpaired) electrons. The zero-order valence-corrected chi connectivity index (χ0v) is 14.6. The summed E-state index contributed by atoms with van der Waals surface area (Å²) in [5.41, 5.74) is 6.49. The van der Waals surface area contributed by atoms with E-state index in [1.807, 2.05) is 13.8 Å². The Kier molecular flexibility index (Phi) is 5.18. The zero-order valence-electron chi connectivity index (χ0n) is 14.6. The van der Waals surface area contributed by atoms with Crippen LogP contribution in [0.4, 0.5) is 11.8 Å². The number of hydrogen-bond acceptors (Lipinski definition) is 6. The first-order chi connectivity index (χ1) is 11.5. The minimum atomic E-state index is -0.359. The van der Waals surface area contributed by atoms with Crippen molar-refractivity contribution in [3.05, 3.63) is 11.8 Å². The molecular formula is C17H28N6O. The summed E-state index contributed by atoms with van der Waals surface area (Å²) < 4.78 is 0. The molecule has 2 aliphatic rings. The number of rotatable bonds is 6. The molecule has 24 heavy (non-hydrogen) atoms. The lowest BCUT2D eigenvalue weighted by Crippen LogP contribution is -2.48. The van der Waals surface area contributed by atoms with Gasteiger partial charge in [-0.3, -0.25) is 4.79 Å². The Bertz CT molecular complexity index is 580. The Morgan fingerprint density at radius 3 is 2.75 bits per heavy atom. The highest BCUT2D eigenvalue weighted by Gasteiger charge is 2.28. The summed E-state index contributed by atoms with van der Waals surface area (Å²) in [5, 5.41) is 6.29. The van der Waals surface area contributed by atoms with Crippen LogP contribution in [0.5, 0.6) is 0 Å². The summed E-state index contributed by atoms with van der Waals surface area (Å²) in [4.78, 5) is 23.0. The lowest BCUT2D eigenvalue weighted by Gasteiger charge is -2.33. The van der Waals surface area contributed by atoms with Crippen LogP contribution in [-0.4, -0.2) is 52.5 Å². The van der Waals surface area contributed by atoms with Crippen LogP contribution in [-0.2, 0) is 4.79 Å². The number of amides is 1. The molecule has 4 N–H and O–H groups in total. The maximum absolute atomic E-state index is 12.4. The van der Waals surface area contributed by atoms with E-state index in [4.69, 9.17) is 5.73 Å². The molecule has 132 valence electrons. The van der Waals surface area contributed by atoms with Crippen LogP contribution in [0.15, 0.2) is 6.20 Å². The van der Waals surface area contributed by atoms with Crippen molar-refractivity contribution in [3.8, 4) is 0 Å². The lowest BCUT2D eigenvalue weighted by molar-refractivity contribution is -0.122. The van der Waals surface area contributed by atoms with Crippen LogP contribution in [0, 0.1) is 12.8 Å². The number of carbonyl (C=O) groups excluding carboxylic acids is 1. The fourth-order valence-electron chi connectivity index (χ4n) is 3.12. The molecule has 2 heterocycles. The minimum Gasteiger partial charge on any atom is -0.368 e. The zero-order chi connectivity index (χ0) is 17.1. The van der Waals surface area contributed by atoms with Gasteiger partial charge in [-0.2, -0.15) is 4.98 Å². The first-order valence-corrected chi connectivity index (χ1v) is 8.89. The molecule has 2 fully saturated rings. The number of aromatic nitrogens is 2. The first kappa shape index (κ1) is 17.0. The number of aryl methyl sites for hydroxylation is 1. The van der Waals surface area contributed by atoms with Crippen LogP contribution in [0.25, 0.3) is 0 Å². The minimum absolute atomic E-state index is 0.00669. The van der Waals surface area contributed by atoms with Gasteiger partial charge in [0.25, 0.3) is 0 Å². The maximum atomic E-state index is 12.4. The molecule has 1 aromatic heterocycles. The highest BCUT2D eigenvalue weighted by molar-refractivity contribution is 5.84. The van der Waals surface area contributed by atoms with Crippen LogP contribution in [0.1, 0.15) is 38.2 Å². The van der Waals surface area contributed by atoms with Gasteiger partial charge in [-0.1, -0.05) is 0 Å². The average Bonchev–Trinajstić information content (AvgIpc) is 3.36. The number of nitrogens with one attached hydrogen (secondary N) is 2. The van der Waals surface area contributed by atoms with Gasteiger partial charge < -0.3 is 21.3 Å². The van der Waals surface area contributed by atoms with Crippen LogP contribution < -0.4 is 16.4 Å². The van der Waals surface area contributed by atoms with Crippen molar-refractivity contribution in [2.24, 2.45) is 5.92 Å². The number of nitrogens with zero attached hydrogens (tertiary/aromatic N) is 3. The van der Waals surface area contributed by atoms with Crippen molar-refractivity contribution in [2.45, 2.75) is 51.6 Å². The second kappa shape index (κ2) is 7.34. The maximum Gasteiger partial charge on any atom is 0.242 e. The number of nitrogen functional groups attached to an aromatic ring is 1. The van der Waals surface area contributed by atoms with Crippen molar-refractivity contribution < 1.29 is 4.79 Å². The molecule has 1 aromatic rings. The normalized spacial score (nSPS) is 20.6. The summed E-state index contributed by atoms with van der Waals surface area (Å²) in [5.74, 6) is 1.76. The molecule has 1 saturated carbocycles. The van der Waals surface area contributed by atoms with E-state index < -0.39 is 0 Å². The second-order valence-corrected chi connectivity index (χ2v) is 7.15. The standard InChI is InChI=1S/C17H28N6O/c1-11-9-19-17(18)22-15(11)20-12(2)16(24)21-14-5-7-23(8-6-14)10-13-3-4-13/h9,12-14H,3-8,10H2,1-2H3,(H,21,24)(H3,18,19,20,22). The van der Waals surface area contributed by atoms with E-state index in [0.717, 1.165) is 37.4 Å². The third kappa shape index (κ3) is 4.56. The average molecular weight is 332 g/mol. The van der Waals surface area contributed by atoms with Crippen molar-refractivity contribution in [3.63, 3.8) is 0 Å². The van der Waals surface area contributed by atoms with Gasteiger partial charge in [0.05, 0.1) is 0 Å². The fraction of sp³-hybridized carbons (Fsp3) is 0.706. The van der Waals surface area contributed by atoms with Gasteiger partial charge in [0, 0.05) is 37.4 Å². The fourth-order valence-corrected chi connectivity index (χ4v) is 3.12. The van der Waals surface area contributed by atoms with Crippen molar-refractivity contribution in [1.29, 1.82) is 0 Å². The van der Waals surface area contributed by atoms with Crippen LogP contribution in [0.3, 0.4) is 0 Å². The highest BCUT2D eigenvalue weighted by atomic mass is 16.2. The van der Waals surface area contributed by atoms with E-state index in [0.29, 0.717) is 5.82 Å². The Hall–Kier alpha value is -1.89. The smallest absolute Gasteiger partial charge is 0.242 e. The molecule has 1 saturated heterocycles. The number of nitrogens with two attached hydrogens (primary N) is 1. The Morgan fingerprint density at radius 2 is 2.08 bits per heavy atom. The van der Waals surface area contributed by atoms with Gasteiger partial charge in [-0.25, -0.2) is 4.98 Å². The highest BCUT2D eigenvalue weighted by Crippen LogP contribution is 2.30. The molecule has 0 bridgehead atoms. The SMILES string of the molecule is Cc1cnc(N)nc1NC(C)C(=O)NC1CCN(CC2CC2)CC1. The molecule has 7 nitrogen and oxygen atoms in total. The predicted octanol–water partition coefficient (Wildman–Crippen LogP) is 1.16. The molecule has 0 spiro atoms. The number of likely N-dealkylation sites (tertiary alicyclic amines) is 1. The van der Waals surface area contributed by atoms with E-state index in [9.17, 15) is 4.79 Å². The van der Waals surface area contributed by atoms with Crippen LogP contribution in [0.2, 0.25) is 0 Å². The molecule has 3 rings (SSSR count). The quantitative estimate of drug-likeness (QED) is 0.723. The molecule has 0 aromatic carbocycles. The molecule has 1 aliphatic heterocycles. The van der Waals surface area contributed by atoms with Gasteiger partial charge in [-0.05, 0) is 45.4 Å². The van der Waals surface area contributed by atoms with Gasteiger partial charge in [0.2, 0.25) is 11.9 Å². The third-order valence-corrected chi connectivity index (χ3v) is 4.88. The predicted molar refractivity (Wildman–Crippen MR) is 94.6 cm³/mol. The number of hydrogen-bond donors (Lipinski definition) is 3. The Morgan fingerprint density at radius 1 is 1.38 bits per heavy atom.